The molecule has 3 rings (SSSR count). The van der Waals surface area contributed by atoms with E-state index in [1.165, 1.54) is 11.8 Å². The Labute approximate surface area is 150 Å². The quantitative estimate of drug-likeness (QED) is 0.865. The van der Waals surface area contributed by atoms with E-state index in [0.717, 1.165) is 16.1 Å². The third-order valence-corrected chi connectivity index (χ3v) is 5.31. The van der Waals surface area contributed by atoms with Crippen molar-refractivity contribution in [3.05, 3.63) is 59.1 Å². The SMILES string of the molecule is CC(NC(=O)CC1Sc2ccccc2NC1=O)c1cccc(Cl)c1. The molecular formula is C18H17ClN2O2S. The van der Waals surface area contributed by atoms with Crippen LogP contribution in [0, 0.1) is 0 Å². The Hall–Kier alpha value is -1.98. The van der Waals surface area contributed by atoms with Crippen molar-refractivity contribution in [3.63, 3.8) is 0 Å². The molecule has 2 amide bonds. The Kier molecular flexibility index (Phi) is 5.11. The predicted molar refractivity (Wildman–Crippen MR) is 97.3 cm³/mol. The molecule has 0 saturated carbocycles. The summed E-state index contributed by atoms with van der Waals surface area (Å²) in [5, 5.41) is 5.98. The van der Waals surface area contributed by atoms with Crippen molar-refractivity contribution >= 4 is 40.9 Å². The molecular weight excluding hydrogens is 344 g/mol. The number of anilines is 1. The molecule has 0 aromatic heterocycles. The molecule has 0 aliphatic carbocycles. The zero-order valence-electron chi connectivity index (χ0n) is 13.1. The lowest BCUT2D eigenvalue weighted by atomic mass is 10.1. The summed E-state index contributed by atoms with van der Waals surface area (Å²) in [6.45, 7) is 1.90. The van der Waals surface area contributed by atoms with E-state index in [1.54, 1.807) is 6.07 Å². The Balaban J connectivity index is 1.62. The first-order valence-electron chi connectivity index (χ1n) is 7.64. The van der Waals surface area contributed by atoms with Crippen molar-refractivity contribution in [2.75, 3.05) is 5.32 Å². The van der Waals surface area contributed by atoms with Gasteiger partial charge in [0.05, 0.1) is 17.0 Å². The Bertz CT molecular complexity index is 781. The van der Waals surface area contributed by atoms with Gasteiger partial charge < -0.3 is 10.6 Å². The highest BCUT2D eigenvalue weighted by atomic mass is 35.5. The van der Waals surface area contributed by atoms with Crippen LogP contribution < -0.4 is 10.6 Å². The summed E-state index contributed by atoms with van der Waals surface area (Å²) in [5.41, 5.74) is 1.73. The van der Waals surface area contributed by atoms with Crippen molar-refractivity contribution in [3.8, 4) is 0 Å². The molecule has 1 aliphatic heterocycles. The van der Waals surface area contributed by atoms with Gasteiger partial charge in [-0.2, -0.15) is 0 Å². The van der Waals surface area contributed by atoms with Crippen molar-refractivity contribution < 1.29 is 9.59 Å². The molecule has 1 aliphatic rings. The van der Waals surface area contributed by atoms with Gasteiger partial charge in [0.25, 0.3) is 0 Å². The second-order valence-corrected chi connectivity index (χ2v) is 7.32. The van der Waals surface area contributed by atoms with Gasteiger partial charge in [0.15, 0.2) is 0 Å². The van der Waals surface area contributed by atoms with Gasteiger partial charge in [-0.3, -0.25) is 9.59 Å². The number of rotatable bonds is 4. The Morgan fingerprint density at radius 2 is 2.08 bits per heavy atom. The number of thioether (sulfide) groups is 1. The fourth-order valence-corrected chi connectivity index (χ4v) is 3.86. The summed E-state index contributed by atoms with van der Waals surface area (Å²) in [7, 11) is 0. The lowest BCUT2D eigenvalue weighted by molar-refractivity contribution is -0.124. The van der Waals surface area contributed by atoms with E-state index >= 15 is 0 Å². The van der Waals surface area contributed by atoms with Gasteiger partial charge in [-0.05, 0) is 36.8 Å². The third-order valence-electron chi connectivity index (χ3n) is 3.80. The smallest absolute Gasteiger partial charge is 0.238 e. The summed E-state index contributed by atoms with van der Waals surface area (Å²) < 4.78 is 0. The van der Waals surface area contributed by atoms with Crippen LogP contribution in [0.3, 0.4) is 0 Å². The van der Waals surface area contributed by atoms with Gasteiger partial charge in [0.1, 0.15) is 0 Å². The summed E-state index contributed by atoms with van der Waals surface area (Å²) in [5.74, 6) is -0.293. The molecule has 24 heavy (non-hydrogen) atoms. The minimum Gasteiger partial charge on any atom is -0.350 e. The first kappa shape index (κ1) is 16.9. The van der Waals surface area contributed by atoms with E-state index in [9.17, 15) is 9.59 Å². The fraction of sp³-hybridized carbons (Fsp3) is 0.222. The zero-order valence-corrected chi connectivity index (χ0v) is 14.7. The minimum atomic E-state index is -0.425. The molecule has 4 nitrogen and oxygen atoms in total. The van der Waals surface area contributed by atoms with Crippen molar-refractivity contribution in [2.45, 2.75) is 29.5 Å². The monoisotopic (exact) mass is 360 g/mol. The predicted octanol–water partition coefficient (Wildman–Crippen LogP) is 4.02. The highest BCUT2D eigenvalue weighted by Crippen LogP contribution is 2.36. The second-order valence-electron chi connectivity index (χ2n) is 5.64. The summed E-state index contributed by atoms with van der Waals surface area (Å²) >= 11 is 7.40. The fourth-order valence-electron chi connectivity index (χ4n) is 2.56. The van der Waals surface area contributed by atoms with Crippen LogP contribution in [0.5, 0.6) is 0 Å². The van der Waals surface area contributed by atoms with Crippen molar-refractivity contribution in [1.29, 1.82) is 0 Å². The molecule has 0 bridgehead atoms. The van der Waals surface area contributed by atoms with Crippen LogP contribution in [0.1, 0.15) is 24.9 Å². The average Bonchev–Trinajstić information content (AvgIpc) is 2.55. The molecule has 0 fully saturated rings. The third kappa shape index (κ3) is 3.91. The van der Waals surface area contributed by atoms with Gasteiger partial charge in [-0.15, -0.1) is 11.8 Å². The van der Waals surface area contributed by atoms with E-state index in [4.69, 9.17) is 11.6 Å². The highest BCUT2D eigenvalue weighted by molar-refractivity contribution is 8.01. The van der Waals surface area contributed by atoms with E-state index < -0.39 is 5.25 Å². The number of carbonyl (C=O) groups excluding carboxylic acids is 2. The van der Waals surface area contributed by atoms with Gasteiger partial charge in [0.2, 0.25) is 11.8 Å². The number of carbonyl (C=O) groups is 2. The van der Waals surface area contributed by atoms with Crippen LogP contribution in [-0.2, 0) is 9.59 Å². The lowest BCUT2D eigenvalue weighted by Crippen LogP contribution is -2.35. The van der Waals surface area contributed by atoms with E-state index in [0.29, 0.717) is 5.02 Å². The largest absolute Gasteiger partial charge is 0.350 e. The molecule has 0 radical (unpaired) electrons. The topological polar surface area (TPSA) is 58.2 Å². The summed E-state index contributed by atoms with van der Waals surface area (Å²) in [4.78, 5) is 25.4. The number of amides is 2. The van der Waals surface area contributed by atoms with Crippen LogP contribution in [0.2, 0.25) is 5.02 Å². The molecule has 0 saturated heterocycles. The number of para-hydroxylation sites is 1. The Morgan fingerprint density at radius 1 is 1.29 bits per heavy atom. The first-order valence-corrected chi connectivity index (χ1v) is 8.90. The van der Waals surface area contributed by atoms with E-state index in [-0.39, 0.29) is 24.3 Å². The van der Waals surface area contributed by atoms with Crippen LogP contribution in [-0.4, -0.2) is 17.1 Å². The number of fused-ring (bicyclic) bond motifs is 1. The van der Waals surface area contributed by atoms with Crippen LogP contribution in [0.4, 0.5) is 5.69 Å². The minimum absolute atomic E-state index is 0.135. The number of halogens is 1. The number of hydrogen-bond acceptors (Lipinski definition) is 3. The van der Waals surface area contributed by atoms with Gasteiger partial charge in [-0.25, -0.2) is 0 Å². The van der Waals surface area contributed by atoms with E-state index in [2.05, 4.69) is 10.6 Å². The maximum absolute atomic E-state index is 12.3. The average molecular weight is 361 g/mol. The lowest BCUT2D eigenvalue weighted by Gasteiger charge is -2.24. The molecule has 2 aromatic carbocycles. The summed E-state index contributed by atoms with van der Waals surface area (Å²) in [6.07, 6.45) is 0.135. The van der Waals surface area contributed by atoms with Crippen LogP contribution >= 0.6 is 23.4 Å². The zero-order chi connectivity index (χ0) is 17.1. The maximum atomic E-state index is 12.3. The van der Waals surface area contributed by atoms with Gasteiger partial charge in [-0.1, -0.05) is 35.9 Å². The van der Waals surface area contributed by atoms with E-state index in [1.807, 2.05) is 49.4 Å². The first-order chi connectivity index (χ1) is 11.5. The maximum Gasteiger partial charge on any atom is 0.238 e. The Morgan fingerprint density at radius 3 is 2.88 bits per heavy atom. The number of nitrogens with one attached hydrogen (secondary N) is 2. The van der Waals surface area contributed by atoms with Crippen molar-refractivity contribution in [1.82, 2.24) is 5.32 Å². The molecule has 2 unspecified atom stereocenters. The molecule has 2 aromatic rings. The number of benzene rings is 2. The highest BCUT2D eigenvalue weighted by Gasteiger charge is 2.29. The van der Waals surface area contributed by atoms with Crippen molar-refractivity contribution in [2.24, 2.45) is 0 Å². The molecule has 2 N–H and O–H groups in total. The van der Waals surface area contributed by atoms with Crippen LogP contribution in [0.25, 0.3) is 0 Å². The normalized spacial score (nSPS) is 17.6. The molecule has 124 valence electrons. The second kappa shape index (κ2) is 7.28. The van der Waals surface area contributed by atoms with Gasteiger partial charge >= 0.3 is 0 Å². The number of hydrogen-bond donors (Lipinski definition) is 2. The summed E-state index contributed by atoms with van der Waals surface area (Å²) in [6, 6.07) is 14.8. The molecule has 6 heteroatoms. The molecule has 1 heterocycles. The molecule has 2 atom stereocenters. The van der Waals surface area contributed by atoms with Gasteiger partial charge in [0, 0.05) is 16.3 Å². The standard InChI is InChI=1S/C18H17ClN2O2S/c1-11(12-5-4-6-13(19)9-12)20-17(22)10-16-18(23)21-14-7-2-3-8-15(14)24-16/h2-9,11,16H,10H2,1H3,(H,20,22)(H,21,23). The van der Waals surface area contributed by atoms with Crippen LogP contribution in [0.15, 0.2) is 53.4 Å². The molecule has 0 spiro atoms.